The third-order valence-electron chi connectivity index (χ3n) is 0.863. The third kappa shape index (κ3) is 26.8. The van der Waals surface area contributed by atoms with Gasteiger partial charge in [0, 0.05) is 13.1 Å². The van der Waals surface area contributed by atoms with E-state index in [4.69, 9.17) is 16.2 Å². The van der Waals surface area contributed by atoms with E-state index in [-0.39, 0.29) is 137 Å². The Balaban J connectivity index is -0.0000000179. The van der Waals surface area contributed by atoms with Gasteiger partial charge in [0.25, 0.3) is 0 Å². The molecule has 15 heavy (non-hydrogen) atoms. The topological polar surface area (TPSA) is 87.6 Å². The summed E-state index contributed by atoms with van der Waals surface area (Å²) in [5.74, 6) is -0.399. The van der Waals surface area contributed by atoms with Crippen molar-refractivity contribution in [2.45, 2.75) is 0 Å². The minimum absolute atomic E-state index is 0. The summed E-state index contributed by atoms with van der Waals surface area (Å²) >= 11 is 0. The van der Waals surface area contributed by atoms with Crippen molar-refractivity contribution in [2.24, 2.45) is 11.5 Å². The van der Waals surface area contributed by atoms with Crippen molar-refractivity contribution < 1.29 is 138 Å². The molecule has 0 atom stereocenters. The summed E-state index contributed by atoms with van der Waals surface area (Å²) in [5, 5.41) is 0. The van der Waals surface area contributed by atoms with Crippen LogP contribution in [0.4, 0.5) is 0 Å². The van der Waals surface area contributed by atoms with Gasteiger partial charge in [0.2, 0.25) is 0 Å². The molecule has 9 heteroatoms. The number of esters is 1. The van der Waals surface area contributed by atoms with Crippen molar-refractivity contribution in [2.75, 3.05) is 32.9 Å². The Hall–Kier alpha value is 3.35. The molecule has 0 aliphatic heterocycles. The molecule has 74 valence electrons. The van der Waals surface area contributed by atoms with Crippen LogP contribution in [0.2, 0.25) is 0 Å². The van der Waals surface area contributed by atoms with Crippen LogP contribution < -0.4 is 130 Å². The zero-order chi connectivity index (χ0) is 8.53. The summed E-state index contributed by atoms with van der Waals surface area (Å²) in [7, 11) is 0. The predicted octanol–water partition coefficient (Wildman–Crippen LogP) is -13.1. The van der Waals surface area contributed by atoms with Crippen LogP contribution in [0.5, 0.6) is 0 Å². The van der Waals surface area contributed by atoms with Crippen LogP contribution in [-0.4, -0.2) is 38.9 Å². The zero-order valence-electron chi connectivity index (χ0n) is 14.4. The minimum Gasteiger partial charge on any atom is -1.00 e. The maximum Gasteiger partial charge on any atom is 1.00 e. The number of rotatable bonds is 6. The Bertz CT molecular complexity index is 135. The fourth-order valence-corrected chi connectivity index (χ4v) is 0.453. The number of nitrogens with two attached hydrogens (primary N) is 2. The predicted molar refractivity (Wildman–Crippen MR) is 44.3 cm³/mol. The van der Waals surface area contributed by atoms with Crippen LogP contribution in [-0.2, 0) is 14.3 Å². The van der Waals surface area contributed by atoms with E-state index in [9.17, 15) is 4.79 Å². The maximum absolute atomic E-state index is 10.6. The molecular formula is C6H18N2Na4O3. The second-order valence-corrected chi connectivity index (χ2v) is 1.85. The van der Waals surface area contributed by atoms with Gasteiger partial charge in [0.1, 0.15) is 13.2 Å². The number of hydrogen-bond donors (Lipinski definition) is 2. The van der Waals surface area contributed by atoms with Crippen molar-refractivity contribution in [3.63, 3.8) is 0 Å². The second-order valence-electron chi connectivity index (χ2n) is 1.85. The molecule has 0 aliphatic carbocycles. The van der Waals surface area contributed by atoms with Crippen molar-refractivity contribution in [1.82, 2.24) is 0 Å². The molecule has 0 fully saturated rings. The van der Waals surface area contributed by atoms with Gasteiger partial charge in [-0.05, 0) is 0 Å². The van der Waals surface area contributed by atoms with E-state index >= 15 is 0 Å². The fourth-order valence-electron chi connectivity index (χ4n) is 0.453. The van der Waals surface area contributed by atoms with E-state index in [2.05, 4.69) is 4.74 Å². The number of carbonyl (C=O) groups excluding carboxylic acids is 1. The zero-order valence-corrected chi connectivity index (χ0v) is 18.4. The van der Waals surface area contributed by atoms with Crippen LogP contribution in [0.25, 0.3) is 0 Å². The summed E-state index contributed by atoms with van der Waals surface area (Å²) in [4.78, 5) is 10.6. The standard InChI is InChI=1S/C6H14N2O3.4Na.4H/c7-1-3-10-5-6(9)11-4-2-8;;;;;;;;/h1-5,7-8H2;;;;;;;;/q;4*+1;4*-1. The van der Waals surface area contributed by atoms with Gasteiger partial charge < -0.3 is 26.6 Å². The fraction of sp³-hybridized carbons (Fsp3) is 0.833. The molecule has 0 spiro atoms. The molecule has 0 bridgehead atoms. The second kappa shape index (κ2) is 26.0. The van der Waals surface area contributed by atoms with E-state index < -0.39 is 5.97 Å². The molecule has 0 aliphatic rings. The summed E-state index contributed by atoms with van der Waals surface area (Å²) in [6.45, 7) is 1.31. The van der Waals surface area contributed by atoms with Gasteiger partial charge in [-0.3, -0.25) is 0 Å². The molecule has 0 rings (SSSR count). The van der Waals surface area contributed by atoms with Crippen molar-refractivity contribution in [3.05, 3.63) is 0 Å². The summed E-state index contributed by atoms with van der Waals surface area (Å²) in [6.07, 6.45) is 0. The van der Waals surface area contributed by atoms with E-state index in [0.717, 1.165) is 0 Å². The number of carbonyl (C=O) groups is 1. The van der Waals surface area contributed by atoms with Gasteiger partial charge in [-0.1, -0.05) is 0 Å². The van der Waals surface area contributed by atoms with E-state index in [1.165, 1.54) is 0 Å². The Morgan fingerprint density at radius 1 is 1.00 bits per heavy atom. The Labute approximate surface area is 185 Å². The summed E-state index contributed by atoms with van der Waals surface area (Å²) in [5.41, 5.74) is 10.2. The van der Waals surface area contributed by atoms with Gasteiger partial charge in [-0.25, -0.2) is 4.79 Å². The Kier molecular flexibility index (Phi) is 53.8. The molecular weight excluding hydrogens is 240 g/mol. The molecule has 0 aromatic carbocycles. The van der Waals surface area contributed by atoms with E-state index in [1.807, 2.05) is 0 Å². The first-order valence-corrected chi connectivity index (χ1v) is 3.44. The van der Waals surface area contributed by atoms with Crippen molar-refractivity contribution in [1.29, 1.82) is 0 Å². The molecule has 5 nitrogen and oxygen atoms in total. The molecule has 0 saturated heterocycles. The number of hydrogen-bond acceptors (Lipinski definition) is 5. The Morgan fingerprint density at radius 2 is 1.47 bits per heavy atom. The molecule has 0 saturated carbocycles. The third-order valence-corrected chi connectivity index (χ3v) is 0.863. The van der Waals surface area contributed by atoms with Crippen LogP contribution in [0, 0.1) is 0 Å². The molecule has 0 heterocycles. The van der Waals surface area contributed by atoms with Crippen molar-refractivity contribution in [3.8, 4) is 0 Å². The first-order valence-electron chi connectivity index (χ1n) is 3.44. The quantitative estimate of drug-likeness (QED) is 0.281. The van der Waals surface area contributed by atoms with Crippen molar-refractivity contribution >= 4 is 5.97 Å². The van der Waals surface area contributed by atoms with Gasteiger partial charge in [-0.15, -0.1) is 0 Å². The minimum atomic E-state index is -0.399. The van der Waals surface area contributed by atoms with Gasteiger partial charge in [0.05, 0.1) is 6.61 Å². The van der Waals surface area contributed by atoms with Gasteiger partial charge in [-0.2, -0.15) is 0 Å². The monoisotopic (exact) mass is 258 g/mol. The Morgan fingerprint density at radius 3 is 1.87 bits per heavy atom. The van der Waals surface area contributed by atoms with Gasteiger partial charge >= 0.3 is 124 Å². The van der Waals surface area contributed by atoms with Crippen LogP contribution in [0.1, 0.15) is 5.71 Å². The first-order chi connectivity index (χ1) is 5.31. The molecule has 0 aromatic rings. The maximum atomic E-state index is 10.6. The largest absolute Gasteiger partial charge is 1.00 e. The van der Waals surface area contributed by atoms with Crippen LogP contribution in [0.3, 0.4) is 0 Å². The van der Waals surface area contributed by atoms with E-state index in [1.54, 1.807) is 0 Å². The molecule has 4 N–H and O–H groups in total. The molecule has 0 amide bonds. The molecule has 0 aromatic heterocycles. The number of ether oxygens (including phenoxy) is 2. The van der Waals surface area contributed by atoms with Crippen LogP contribution >= 0.6 is 0 Å². The average Bonchev–Trinajstić information content (AvgIpc) is 2.01. The summed E-state index contributed by atoms with van der Waals surface area (Å²) in [6, 6.07) is 0. The smallest absolute Gasteiger partial charge is 1.00 e. The average molecular weight is 258 g/mol. The van der Waals surface area contributed by atoms with Crippen LogP contribution in [0.15, 0.2) is 0 Å². The van der Waals surface area contributed by atoms with Gasteiger partial charge in [0.15, 0.2) is 0 Å². The normalized spacial score (nSPS) is 7.07. The molecule has 0 unspecified atom stereocenters. The summed E-state index contributed by atoms with van der Waals surface area (Å²) < 4.78 is 9.41. The first kappa shape index (κ1) is 31.0. The SMILES string of the molecule is NCCOCC(=O)OCCN.[H-].[H-].[H-].[H-].[Na+].[Na+].[Na+].[Na+]. The molecule has 0 radical (unpaired) electrons. The van der Waals surface area contributed by atoms with E-state index in [0.29, 0.717) is 19.7 Å².